The molecule has 7 aromatic rings. The molecule has 0 saturated heterocycles. The third-order valence-corrected chi connectivity index (χ3v) is 7.54. The Kier molecular flexibility index (Phi) is 4.29. The molecule has 0 unspecified atom stereocenters. The summed E-state index contributed by atoms with van der Waals surface area (Å²) in [5, 5.41) is 16.0. The highest BCUT2D eigenvalue weighted by atomic mass is 16.3. The number of aromatic amines is 2. The molecule has 0 atom stereocenters. The van der Waals surface area contributed by atoms with Crippen LogP contribution in [0.3, 0.4) is 0 Å². The van der Waals surface area contributed by atoms with Gasteiger partial charge in [0.15, 0.2) is 29.0 Å². The molecule has 9 nitrogen and oxygen atoms in total. The quantitative estimate of drug-likeness (QED) is 0.217. The maximum Gasteiger partial charge on any atom is 0.190 e. The van der Waals surface area contributed by atoms with E-state index in [0.717, 1.165) is 33.0 Å². The highest BCUT2D eigenvalue weighted by Gasteiger charge is 2.22. The molecule has 9 heteroatoms. The lowest BCUT2D eigenvalue weighted by Crippen LogP contribution is -1.83. The highest BCUT2D eigenvalue weighted by Crippen LogP contribution is 2.37. The van der Waals surface area contributed by atoms with E-state index in [9.17, 15) is 5.11 Å². The molecular weight excluding hydrogens is 512 g/mol. The van der Waals surface area contributed by atoms with Gasteiger partial charge in [0.1, 0.15) is 22.6 Å². The van der Waals surface area contributed by atoms with Crippen LogP contribution in [-0.4, -0.2) is 39.9 Å². The number of nitrogens with zero attached hydrogens (tertiary/aromatic N) is 6. The second-order valence-corrected chi connectivity index (χ2v) is 9.93. The molecule has 4 aromatic carbocycles. The first-order valence-electron chi connectivity index (χ1n) is 13.1. The zero-order valence-electron chi connectivity index (χ0n) is 21.3. The van der Waals surface area contributed by atoms with Crippen molar-refractivity contribution in [3.63, 3.8) is 0 Å². The molecule has 2 N–H and O–H groups in total. The lowest BCUT2D eigenvalue weighted by molar-refractivity contribution is 0.360. The van der Waals surface area contributed by atoms with Crippen LogP contribution in [0.1, 0.15) is 0 Å². The topological polar surface area (TPSA) is 129 Å². The molecule has 0 spiro atoms. The van der Waals surface area contributed by atoms with E-state index in [1.54, 1.807) is 6.07 Å². The number of aromatic nitrogens is 8. The van der Waals surface area contributed by atoms with Crippen molar-refractivity contribution >= 4 is 44.1 Å². The standard InChI is InChI=1S/C32H17N8O/c41-23-15-7-14-22-24(23)32-39-30-21-13-6-5-12-20(21)28(37-30)35-26-17-9-2-1-8-16(17)25(33-26)34-27-18-10-3-4-11-19(18)29(36-27)38-31(22)40-32/h1-15H,(H2,33,34,35,36,37,38,39,40). The number of hydrogen-bond acceptors (Lipinski definition) is 6. The minimum atomic E-state index is -0.154. The fraction of sp³-hybridized carbons (Fsp3) is 0. The summed E-state index contributed by atoms with van der Waals surface area (Å²) in [5.41, 5.74) is 5.56. The summed E-state index contributed by atoms with van der Waals surface area (Å²) < 4.78 is 0. The Labute approximate surface area is 231 Å². The normalized spacial score (nSPS) is 12.0. The van der Waals surface area contributed by atoms with Gasteiger partial charge in [0.2, 0.25) is 0 Å². The van der Waals surface area contributed by atoms with Crippen LogP contribution in [0.15, 0.2) is 91.0 Å². The maximum atomic E-state index is 13.1. The number of rotatable bonds is 0. The Morgan fingerprint density at radius 2 is 0.780 bits per heavy atom. The molecule has 41 heavy (non-hydrogen) atoms. The van der Waals surface area contributed by atoms with Gasteiger partial charge in [-0.3, -0.25) is 5.11 Å². The number of fused-ring (bicyclic) bond motifs is 20. The van der Waals surface area contributed by atoms with E-state index in [-0.39, 0.29) is 5.75 Å². The molecule has 0 amide bonds. The van der Waals surface area contributed by atoms with Crippen molar-refractivity contribution < 1.29 is 5.11 Å². The van der Waals surface area contributed by atoms with Crippen molar-refractivity contribution in [2.24, 2.45) is 0 Å². The predicted octanol–water partition coefficient (Wildman–Crippen LogP) is 7.01. The summed E-state index contributed by atoms with van der Waals surface area (Å²) in [4.78, 5) is 36.1. The van der Waals surface area contributed by atoms with E-state index >= 15 is 0 Å². The van der Waals surface area contributed by atoms with Crippen molar-refractivity contribution in [1.29, 1.82) is 0 Å². The van der Waals surface area contributed by atoms with Gasteiger partial charge in [-0.2, -0.15) is 0 Å². The summed E-state index contributed by atoms with van der Waals surface area (Å²) in [6, 6.07) is 28.7. The van der Waals surface area contributed by atoms with Crippen molar-refractivity contribution in [1.82, 2.24) is 39.9 Å². The van der Waals surface area contributed by atoms with Crippen LogP contribution >= 0.6 is 0 Å². The van der Waals surface area contributed by atoms with Gasteiger partial charge in [-0.05, 0) is 6.07 Å². The molecule has 191 valence electrons. The average molecular weight is 530 g/mol. The molecule has 5 heterocycles. The zero-order chi connectivity index (χ0) is 27.1. The van der Waals surface area contributed by atoms with Crippen LogP contribution in [0.25, 0.3) is 89.7 Å². The SMILES string of the molecule is [O]c1cccc2c3nc4nc(nc5[nH]c(nc6nc(nc([nH]3)c12)-c1ccccc1-6)c1ccccc51)-c1ccccc1-4. The van der Waals surface area contributed by atoms with Gasteiger partial charge in [-0.15, -0.1) is 0 Å². The molecule has 0 aliphatic carbocycles. The number of benzene rings is 4. The molecule has 0 saturated carbocycles. The van der Waals surface area contributed by atoms with E-state index in [4.69, 9.17) is 29.9 Å². The molecule has 9 rings (SSSR count). The molecule has 0 fully saturated rings. The fourth-order valence-corrected chi connectivity index (χ4v) is 5.66. The number of nitrogens with one attached hydrogen (secondary N) is 2. The van der Waals surface area contributed by atoms with Crippen LogP contribution in [0, 0.1) is 0 Å². The molecule has 3 aromatic heterocycles. The van der Waals surface area contributed by atoms with Gasteiger partial charge in [0.25, 0.3) is 0 Å². The minimum absolute atomic E-state index is 0.154. The summed E-state index contributed by atoms with van der Waals surface area (Å²) in [5.74, 6) is 1.86. The van der Waals surface area contributed by atoms with Gasteiger partial charge < -0.3 is 9.97 Å². The second-order valence-electron chi connectivity index (χ2n) is 9.93. The van der Waals surface area contributed by atoms with Gasteiger partial charge in [0, 0.05) is 38.4 Å². The van der Waals surface area contributed by atoms with E-state index in [1.165, 1.54) is 6.07 Å². The smallest absolute Gasteiger partial charge is 0.190 e. The maximum absolute atomic E-state index is 13.1. The van der Waals surface area contributed by atoms with Crippen molar-refractivity contribution in [3.05, 3.63) is 91.0 Å². The van der Waals surface area contributed by atoms with E-state index in [2.05, 4.69) is 9.97 Å². The number of hydrogen-bond donors (Lipinski definition) is 2. The first-order valence-corrected chi connectivity index (χ1v) is 13.1. The molecule has 2 aliphatic heterocycles. The van der Waals surface area contributed by atoms with E-state index in [0.29, 0.717) is 56.7 Å². The average Bonchev–Trinajstić information content (AvgIpc) is 3.73. The zero-order valence-corrected chi connectivity index (χ0v) is 21.3. The van der Waals surface area contributed by atoms with Crippen LogP contribution in [0.5, 0.6) is 5.75 Å². The van der Waals surface area contributed by atoms with Crippen molar-refractivity contribution in [2.45, 2.75) is 0 Å². The Morgan fingerprint density at radius 1 is 0.390 bits per heavy atom. The highest BCUT2D eigenvalue weighted by molar-refractivity contribution is 6.08. The van der Waals surface area contributed by atoms with Gasteiger partial charge in [-0.25, -0.2) is 29.9 Å². The summed E-state index contributed by atoms with van der Waals surface area (Å²) in [6.45, 7) is 0. The minimum Gasteiger partial charge on any atom is -0.324 e. The van der Waals surface area contributed by atoms with Crippen LogP contribution < -0.4 is 0 Å². The third-order valence-electron chi connectivity index (χ3n) is 7.54. The van der Waals surface area contributed by atoms with Gasteiger partial charge >= 0.3 is 0 Å². The first kappa shape index (κ1) is 21.9. The second kappa shape index (κ2) is 8.03. The fourth-order valence-electron chi connectivity index (χ4n) is 5.66. The van der Waals surface area contributed by atoms with Crippen LogP contribution in [0.2, 0.25) is 0 Å². The molecular formula is C32H17N8O. The van der Waals surface area contributed by atoms with Gasteiger partial charge in [0.05, 0.1) is 5.39 Å². The van der Waals surface area contributed by atoms with Crippen LogP contribution in [0.4, 0.5) is 0 Å². The Hall–Kier alpha value is -5.96. The lowest BCUT2D eigenvalue weighted by atomic mass is 10.1. The van der Waals surface area contributed by atoms with E-state index in [1.807, 2.05) is 78.9 Å². The monoisotopic (exact) mass is 529 g/mol. The van der Waals surface area contributed by atoms with Gasteiger partial charge in [-0.1, -0.05) is 84.9 Å². The largest absolute Gasteiger partial charge is 0.324 e. The molecule has 1 radical (unpaired) electrons. The Bertz CT molecular complexity index is 2400. The lowest BCUT2D eigenvalue weighted by Gasteiger charge is -1.96. The Balaban J connectivity index is 1.52. The first-order chi connectivity index (χ1) is 20.2. The van der Waals surface area contributed by atoms with Crippen molar-refractivity contribution in [2.75, 3.05) is 0 Å². The van der Waals surface area contributed by atoms with Crippen LogP contribution in [-0.2, 0) is 5.11 Å². The molecule has 8 bridgehead atoms. The van der Waals surface area contributed by atoms with E-state index < -0.39 is 0 Å². The number of H-pyrrole nitrogens is 2. The Morgan fingerprint density at radius 3 is 1.29 bits per heavy atom. The summed E-state index contributed by atoms with van der Waals surface area (Å²) >= 11 is 0. The summed E-state index contributed by atoms with van der Waals surface area (Å²) in [6.07, 6.45) is 0. The molecule has 2 aliphatic rings. The predicted molar refractivity (Wildman–Crippen MR) is 156 cm³/mol. The third kappa shape index (κ3) is 3.17. The van der Waals surface area contributed by atoms with Crippen molar-refractivity contribution in [3.8, 4) is 51.3 Å². The summed E-state index contributed by atoms with van der Waals surface area (Å²) in [7, 11) is 0.